The maximum absolute atomic E-state index is 12.8. The van der Waals surface area contributed by atoms with Crippen LogP contribution in [0.5, 0.6) is 0 Å². The number of hydrogen-bond donors (Lipinski definition) is 0. The zero-order valence-electron chi connectivity index (χ0n) is 14.3. The molecule has 24 heavy (non-hydrogen) atoms. The molecule has 0 spiro atoms. The van der Waals surface area contributed by atoms with Gasteiger partial charge in [0.25, 0.3) is 6.43 Å². The number of ether oxygens (including phenoxy) is 1. The van der Waals surface area contributed by atoms with Gasteiger partial charge in [-0.15, -0.1) is 0 Å². The molecular formula is C19H25F2NO2. The van der Waals surface area contributed by atoms with Gasteiger partial charge in [-0.1, -0.05) is 44.9 Å². The molecule has 0 amide bonds. The van der Waals surface area contributed by atoms with Gasteiger partial charge in [0.2, 0.25) is 0 Å². The molecule has 0 N–H and O–H groups in total. The fourth-order valence-corrected chi connectivity index (χ4v) is 2.89. The Kier molecular flexibility index (Phi) is 6.76. The second kappa shape index (κ2) is 8.81. The van der Waals surface area contributed by atoms with Crippen LogP contribution in [0.3, 0.4) is 0 Å². The fraction of sp³-hybridized carbons (Fsp3) is 0.526. The summed E-state index contributed by atoms with van der Waals surface area (Å²) in [6, 6.07) is 7.09. The summed E-state index contributed by atoms with van der Waals surface area (Å²) in [5, 5.41) is 0.659. The van der Waals surface area contributed by atoms with Gasteiger partial charge in [-0.2, -0.15) is 0 Å². The minimum atomic E-state index is -2.47. The average Bonchev–Trinajstić information content (AvgIpc) is 2.92. The average molecular weight is 337 g/mol. The second-order valence-electron chi connectivity index (χ2n) is 6.03. The first-order valence-corrected chi connectivity index (χ1v) is 8.63. The van der Waals surface area contributed by atoms with Crippen molar-refractivity contribution in [2.75, 3.05) is 0 Å². The molecule has 1 atom stereocenters. The smallest absolute Gasteiger partial charge is 0.340 e. The lowest BCUT2D eigenvalue weighted by Crippen LogP contribution is -2.17. The largest absolute Gasteiger partial charge is 0.459 e. The number of benzene rings is 1. The molecule has 0 bridgehead atoms. The van der Waals surface area contributed by atoms with Crippen LogP contribution in [-0.4, -0.2) is 23.1 Å². The van der Waals surface area contributed by atoms with Crippen molar-refractivity contribution in [3.63, 3.8) is 0 Å². The summed E-state index contributed by atoms with van der Waals surface area (Å²) in [5.74, 6) is -0.428. The Bertz CT molecular complexity index is 666. The van der Waals surface area contributed by atoms with E-state index in [2.05, 4.69) is 6.92 Å². The van der Waals surface area contributed by atoms with E-state index in [9.17, 15) is 13.6 Å². The maximum atomic E-state index is 12.8. The number of rotatable bonds is 9. The number of hydrogen-bond acceptors (Lipinski definition) is 2. The topological polar surface area (TPSA) is 31.2 Å². The molecule has 0 aliphatic rings. The van der Waals surface area contributed by atoms with Crippen molar-refractivity contribution >= 4 is 16.9 Å². The van der Waals surface area contributed by atoms with Crippen LogP contribution in [0, 0.1) is 0 Å². The highest BCUT2D eigenvalue weighted by atomic mass is 19.3. The van der Waals surface area contributed by atoms with Gasteiger partial charge < -0.3 is 9.30 Å². The first-order valence-electron chi connectivity index (χ1n) is 8.63. The van der Waals surface area contributed by atoms with Gasteiger partial charge in [0.15, 0.2) is 0 Å². The van der Waals surface area contributed by atoms with E-state index in [1.807, 2.05) is 6.92 Å². The number of para-hydroxylation sites is 1. The summed E-state index contributed by atoms with van der Waals surface area (Å²) in [6.07, 6.45) is 3.74. The van der Waals surface area contributed by atoms with E-state index in [1.165, 1.54) is 10.8 Å². The first-order chi connectivity index (χ1) is 11.6. The standard InChI is InChI=1S/C19H25F2NO2/c1-3-5-6-9-14(4-2)24-19(23)16-12-22(13-18(20)21)17-11-8-7-10-15(16)17/h7-8,10-12,14,18H,3-6,9,13H2,1-2H3. The molecule has 0 saturated carbocycles. The summed E-state index contributed by atoms with van der Waals surface area (Å²) < 4.78 is 32.6. The Morgan fingerprint density at radius 2 is 1.96 bits per heavy atom. The predicted molar refractivity (Wildman–Crippen MR) is 91.6 cm³/mol. The molecule has 0 aliphatic heterocycles. The van der Waals surface area contributed by atoms with Crippen molar-refractivity contribution in [3.8, 4) is 0 Å². The molecule has 2 rings (SSSR count). The van der Waals surface area contributed by atoms with E-state index < -0.39 is 18.9 Å². The van der Waals surface area contributed by atoms with E-state index >= 15 is 0 Å². The summed E-state index contributed by atoms with van der Waals surface area (Å²) in [5.41, 5.74) is 0.990. The third-order valence-electron chi connectivity index (χ3n) is 4.20. The highest BCUT2D eigenvalue weighted by Gasteiger charge is 2.20. The molecular weight excluding hydrogens is 312 g/mol. The quantitative estimate of drug-likeness (QED) is 0.452. The van der Waals surface area contributed by atoms with Crippen LogP contribution in [0.25, 0.3) is 10.9 Å². The number of nitrogens with zero attached hydrogens (tertiary/aromatic N) is 1. The third kappa shape index (κ3) is 4.56. The normalized spacial score (nSPS) is 12.7. The van der Waals surface area contributed by atoms with Crippen LogP contribution in [0.1, 0.15) is 56.3 Å². The van der Waals surface area contributed by atoms with E-state index in [-0.39, 0.29) is 6.10 Å². The zero-order chi connectivity index (χ0) is 17.5. The van der Waals surface area contributed by atoms with E-state index in [4.69, 9.17) is 4.74 Å². The lowest BCUT2D eigenvalue weighted by Gasteiger charge is -2.15. The molecule has 5 heteroatoms. The van der Waals surface area contributed by atoms with Crippen molar-refractivity contribution in [2.45, 2.75) is 65.0 Å². The number of halogens is 2. The second-order valence-corrected chi connectivity index (χ2v) is 6.03. The molecule has 1 aromatic carbocycles. The fourth-order valence-electron chi connectivity index (χ4n) is 2.89. The molecule has 0 radical (unpaired) electrons. The first kappa shape index (κ1) is 18.4. The highest BCUT2D eigenvalue weighted by Crippen LogP contribution is 2.24. The maximum Gasteiger partial charge on any atom is 0.340 e. The molecule has 3 nitrogen and oxygen atoms in total. The Morgan fingerprint density at radius 1 is 1.21 bits per heavy atom. The van der Waals surface area contributed by atoms with Crippen LogP contribution < -0.4 is 0 Å². The van der Waals surface area contributed by atoms with Crippen molar-refractivity contribution < 1.29 is 18.3 Å². The lowest BCUT2D eigenvalue weighted by atomic mass is 10.1. The SMILES string of the molecule is CCCCCC(CC)OC(=O)c1cn(CC(F)F)c2ccccc12. The number of esters is 1. The lowest BCUT2D eigenvalue weighted by molar-refractivity contribution is 0.0269. The molecule has 0 aliphatic carbocycles. The highest BCUT2D eigenvalue weighted by molar-refractivity contribution is 6.04. The number of aromatic nitrogens is 1. The van der Waals surface area contributed by atoms with Gasteiger partial charge >= 0.3 is 5.97 Å². The predicted octanol–water partition coefficient (Wildman–Crippen LogP) is 5.42. The molecule has 1 aromatic heterocycles. The Labute approximate surface area is 141 Å². The Balaban J connectivity index is 2.19. The van der Waals surface area contributed by atoms with Crippen molar-refractivity contribution in [3.05, 3.63) is 36.0 Å². The number of unbranched alkanes of at least 4 members (excludes halogenated alkanes) is 2. The molecule has 0 fully saturated rings. The van der Waals surface area contributed by atoms with Crippen LogP contribution >= 0.6 is 0 Å². The Hall–Kier alpha value is -1.91. The van der Waals surface area contributed by atoms with Crippen molar-refractivity contribution in [1.29, 1.82) is 0 Å². The minimum Gasteiger partial charge on any atom is -0.459 e. The van der Waals surface area contributed by atoms with Gasteiger partial charge in [0.05, 0.1) is 12.1 Å². The van der Waals surface area contributed by atoms with Crippen molar-refractivity contribution in [1.82, 2.24) is 4.57 Å². The summed E-state index contributed by atoms with van der Waals surface area (Å²) >= 11 is 0. The minimum absolute atomic E-state index is 0.124. The monoisotopic (exact) mass is 337 g/mol. The molecule has 1 heterocycles. The molecule has 1 unspecified atom stereocenters. The van der Waals surface area contributed by atoms with Crippen LogP contribution in [0.2, 0.25) is 0 Å². The Morgan fingerprint density at radius 3 is 2.62 bits per heavy atom. The number of carbonyl (C=O) groups excluding carboxylic acids is 1. The van der Waals surface area contributed by atoms with Crippen LogP contribution in [0.15, 0.2) is 30.5 Å². The zero-order valence-corrected chi connectivity index (χ0v) is 14.3. The van der Waals surface area contributed by atoms with E-state index in [0.29, 0.717) is 16.5 Å². The summed E-state index contributed by atoms with van der Waals surface area (Å²) in [6.45, 7) is 3.69. The molecule has 132 valence electrons. The summed E-state index contributed by atoms with van der Waals surface area (Å²) in [4.78, 5) is 12.5. The third-order valence-corrected chi connectivity index (χ3v) is 4.20. The summed E-state index contributed by atoms with van der Waals surface area (Å²) in [7, 11) is 0. The van der Waals surface area contributed by atoms with Gasteiger partial charge in [0, 0.05) is 17.1 Å². The number of fused-ring (bicyclic) bond motifs is 1. The molecule has 0 saturated heterocycles. The van der Waals surface area contributed by atoms with Gasteiger partial charge in [0.1, 0.15) is 6.10 Å². The van der Waals surface area contributed by atoms with E-state index in [0.717, 1.165) is 32.1 Å². The number of alkyl halides is 2. The van der Waals surface area contributed by atoms with Crippen LogP contribution in [0.4, 0.5) is 8.78 Å². The number of carbonyl (C=O) groups is 1. The van der Waals surface area contributed by atoms with Gasteiger partial charge in [-0.05, 0) is 25.3 Å². The van der Waals surface area contributed by atoms with E-state index in [1.54, 1.807) is 24.3 Å². The molecule has 2 aromatic rings. The van der Waals surface area contributed by atoms with Gasteiger partial charge in [-0.3, -0.25) is 0 Å². The van der Waals surface area contributed by atoms with Crippen molar-refractivity contribution in [2.24, 2.45) is 0 Å². The van der Waals surface area contributed by atoms with Crippen LogP contribution in [-0.2, 0) is 11.3 Å². The van der Waals surface area contributed by atoms with Gasteiger partial charge in [-0.25, -0.2) is 13.6 Å².